The predicted octanol–water partition coefficient (Wildman–Crippen LogP) is 4.62. The maximum Gasteiger partial charge on any atom is 0.0127 e. The van der Waals surface area contributed by atoms with E-state index in [9.17, 15) is 0 Å². The first-order valence-corrected chi connectivity index (χ1v) is 7.12. The van der Waals surface area contributed by atoms with Crippen LogP contribution in [-0.2, 0) is 0 Å². The summed E-state index contributed by atoms with van der Waals surface area (Å²) >= 11 is 0. The third kappa shape index (κ3) is 9.21. The van der Waals surface area contributed by atoms with Crippen molar-refractivity contribution in [3.05, 3.63) is 0 Å². The van der Waals surface area contributed by atoms with Crippen LogP contribution in [0, 0.1) is 11.8 Å². The molecule has 0 aromatic heterocycles. The van der Waals surface area contributed by atoms with Crippen molar-refractivity contribution >= 4 is 0 Å². The van der Waals surface area contributed by atoms with E-state index >= 15 is 0 Å². The van der Waals surface area contributed by atoms with E-state index in [1.54, 1.807) is 0 Å². The quantitative estimate of drug-likeness (QED) is 0.606. The second-order valence-electron chi connectivity index (χ2n) is 6.44. The Labute approximate surface area is 103 Å². The molecular formula is C15H33N. The molecule has 1 nitrogen and oxygen atoms in total. The number of rotatable bonds is 9. The lowest BCUT2D eigenvalue weighted by Gasteiger charge is -2.29. The number of hydrogen-bond donors (Lipinski definition) is 1. The van der Waals surface area contributed by atoms with Gasteiger partial charge in [0.05, 0.1) is 0 Å². The minimum Gasteiger partial charge on any atom is -0.312 e. The molecule has 16 heavy (non-hydrogen) atoms. The van der Waals surface area contributed by atoms with Crippen molar-refractivity contribution in [2.75, 3.05) is 6.54 Å². The van der Waals surface area contributed by atoms with E-state index in [-0.39, 0.29) is 0 Å². The van der Waals surface area contributed by atoms with Crippen LogP contribution in [0.3, 0.4) is 0 Å². The van der Waals surface area contributed by atoms with Crippen LogP contribution in [0.2, 0.25) is 0 Å². The molecule has 0 rings (SSSR count). The highest BCUT2D eigenvalue weighted by Crippen LogP contribution is 2.21. The van der Waals surface area contributed by atoms with E-state index in [1.807, 2.05) is 0 Å². The molecule has 0 heterocycles. The van der Waals surface area contributed by atoms with Gasteiger partial charge in [0.1, 0.15) is 0 Å². The summed E-state index contributed by atoms with van der Waals surface area (Å²) in [6, 6.07) is 0. The van der Waals surface area contributed by atoms with E-state index in [4.69, 9.17) is 0 Å². The fourth-order valence-electron chi connectivity index (χ4n) is 2.38. The van der Waals surface area contributed by atoms with E-state index in [2.05, 4.69) is 46.9 Å². The van der Waals surface area contributed by atoms with Gasteiger partial charge in [0, 0.05) is 5.54 Å². The smallest absolute Gasteiger partial charge is 0.0127 e. The maximum atomic E-state index is 3.64. The molecule has 1 atom stereocenters. The first-order chi connectivity index (χ1) is 7.37. The molecule has 0 bridgehead atoms. The summed E-state index contributed by atoms with van der Waals surface area (Å²) in [5.74, 6) is 1.71. The van der Waals surface area contributed by atoms with Crippen molar-refractivity contribution < 1.29 is 0 Å². The SMILES string of the molecule is CCCNC(C)(C)CC(C)CCCC(C)C. The Morgan fingerprint density at radius 3 is 2.19 bits per heavy atom. The van der Waals surface area contributed by atoms with Gasteiger partial charge in [-0.15, -0.1) is 0 Å². The summed E-state index contributed by atoms with van der Waals surface area (Å²) in [7, 11) is 0. The van der Waals surface area contributed by atoms with Gasteiger partial charge in [0.2, 0.25) is 0 Å². The Bertz CT molecular complexity index is 161. The summed E-state index contributed by atoms with van der Waals surface area (Å²) in [6.45, 7) is 15.1. The topological polar surface area (TPSA) is 12.0 Å². The molecule has 1 N–H and O–H groups in total. The highest BCUT2D eigenvalue weighted by atomic mass is 14.9. The minimum atomic E-state index is 0.313. The number of hydrogen-bond acceptors (Lipinski definition) is 1. The first kappa shape index (κ1) is 16.0. The lowest BCUT2D eigenvalue weighted by Crippen LogP contribution is -2.41. The van der Waals surface area contributed by atoms with Crippen LogP contribution in [0.5, 0.6) is 0 Å². The molecule has 0 aliphatic carbocycles. The third-order valence-corrected chi connectivity index (χ3v) is 3.19. The van der Waals surface area contributed by atoms with Crippen LogP contribution in [0.15, 0.2) is 0 Å². The molecule has 0 aromatic carbocycles. The fourth-order valence-corrected chi connectivity index (χ4v) is 2.38. The Kier molecular flexibility index (Phi) is 8.09. The summed E-state index contributed by atoms with van der Waals surface area (Å²) in [5.41, 5.74) is 0.313. The van der Waals surface area contributed by atoms with Crippen LogP contribution in [0.25, 0.3) is 0 Å². The maximum absolute atomic E-state index is 3.64. The zero-order chi connectivity index (χ0) is 12.6. The summed E-state index contributed by atoms with van der Waals surface area (Å²) in [6.07, 6.45) is 6.68. The molecule has 0 radical (unpaired) electrons. The Morgan fingerprint density at radius 2 is 1.69 bits per heavy atom. The van der Waals surface area contributed by atoms with Crippen molar-refractivity contribution in [1.29, 1.82) is 0 Å². The van der Waals surface area contributed by atoms with Gasteiger partial charge in [-0.25, -0.2) is 0 Å². The third-order valence-electron chi connectivity index (χ3n) is 3.19. The number of nitrogens with one attached hydrogen (secondary N) is 1. The van der Waals surface area contributed by atoms with Gasteiger partial charge in [0.25, 0.3) is 0 Å². The second kappa shape index (κ2) is 8.11. The molecule has 0 fully saturated rings. The molecule has 0 aliphatic rings. The normalized spacial score (nSPS) is 14.4. The largest absolute Gasteiger partial charge is 0.312 e. The Hall–Kier alpha value is -0.0400. The van der Waals surface area contributed by atoms with Crippen LogP contribution in [-0.4, -0.2) is 12.1 Å². The zero-order valence-electron chi connectivity index (χ0n) is 12.4. The molecule has 1 unspecified atom stereocenters. The predicted molar refractivity (Wildman–Crippen MR) is 74.8 cm³/mol. The van der Waals surface area contributed by atoms with Gasteiger partial charge < -0.3 is 5.32 Å². The highest BCUT2D eigenvalue weighted by molar-refractivity contribution is 4.79. The molecular weight excluding hydrogens is 194 g/mol. The van der Waals surface area contributed by atoms with Crippen molar-refractivity contribution in [2.45, 2.75) is 79.2 Å². The monoisotopic (exact) mass is 227 g/mol. The fraction of sp³-hybridized carbons (Fsp3) is 1.00. The zero-order valence-corrected chi connectivity index (χ0v) is 12.4. The summed E-state index contributed by atoms with van der Waals surface area (Å²) < 4.78 is 0. The molecule has 1 heteroatoms. The average Bonchev–Trinajstić information content (AvgIpc) is 2.13. The van der Waals surface area contributed by atoms with Crippen molar-refractivity contribution in [3.63, 3.8) is 0 Å². The molecule has 0 amide bonds. The van der Waals surface area contributed by atoms with E-state index in [0.29, 0.717) is 5.54 Å². The van der Waals surface area contributed by atoms with Crippen LogP contribution in [0.1, 0.15) is 73.6 Å². The molecule has 98 valence electrons. The highest BCUT2D eigenvalue weighted by Gasteiger charge is 2.19. The minimum absolute atomic E-state index is 0.313. The van der Waals surface area contributed by atoms with Crippen molar-refractivity contribution in [1.82, 2.24) is 5.32 Å². The van der Waals surface area contributed by atoms with E-state index < -0.39 is 0 Å². The van der Waals surface area contributed by atoms with Crippen molar-refractivity contribution in [3.8, 4) is 0 Å². The Balaban J connectivity index is 3.71. The molecule has 0 spiro atoms. The summed E-state index contributed by atoms with van der Waals surface area (Å²) in [5, 5.41) is 3.64. The first-order valence-electron chi connectivity index (χ1n) is 7.12. The second-order valence-corrected chi connectivity index (χ2v) is 6.44. The van der Waals surface area contributed by atoms with Crippen LogP contribution >= 0.6 is 0 Å². The van der Waals surface area contributed by atoms with Gasteiger partial charge in [0.15, 0.2) is 0 Å². The van der Waals surface area contributed by atoms with E-state index in [1.165, 1.54) is 32.1 Å². The van der Waals surface area contributed by atoms with Gasteiger partial charge in [-0.3, -0.25) is 0 Å². The Morgan fingerprint density at radius 1 is 1.06 bits per heavy atom. The van der Waals surface area contributed by atoms with Crippen molar-refractivity contribution in [2.24, 2.45) is 11.8 Å². The molecule has 0 saturated carbocycles. The molecule has 0 saturated heterocycles. The lowest BCUT2D eigenvalue weighted by molar-refractivity contribution is 0.292. The summed E-state index contributed by atoms with van der Waals surface area (Å²) in [4.78, 5) is 0. The van der Waals surface area contributed by atoms with Gasteiger partial charge in [-0.2, -0.15) is 0 Å². The van der Waals surface area contributed by atoms with Gasteiger partial charge in [-0.1, -0.05) is 47.0 Å². The lowest BCUT2D eigenvalue weighted by atomic mass is 9.88. The average molecular weight is 227 g/mol. The van der Waals surface area contributed by atoms with Crippen LogP contribution < -0.4 is 5.32 Å². The van der Waals surface area contributed by atoms with Gasteiger partial charge >= 0.3 is 0 Å². The van der Waals surface area contributed by atoms with Gasteiger partial charge in [-0.05, 0) is 45.1 Å². The van der Waals surface area contributed by atoms with Crippen LogP contribution in [0.4, 0.5) is 0 Å². The molecule has 0 aliphatic heterocycles. The van der Waals surface area contributed by atoms with E-state index in [0.717, 1.165) is 18.4 Å². The standard InChI is InChI=1S/C15H33N/c1-7-11-16-15(5,6)12-14(4)10-8-9-13(2)3/h13-14,16H,7-12H2,1-6H3. The molecule has 0 aromatic rings.